The summed E-state index contributed by atoms with van der Waals surface area (Å²) in [6, 6.07) is 52.8. The summed E-state index contributed by atoms with van der Waals surface area (Å²) < 4.78 is 12.8. The molecule has 1 spiro atoms. The van der Waals surface area contributed by atoms with E-state index in [-0.39, 0.29) is 21.1 Å². The summed E-state index contributed by atoms with van der Waals surface area (Å²) in [5.74, 6) is 1.81. The monoisotopic (exact) mass is 913 g/mol. The number of aryl methyl sites for hydroxylation is 1. The van der Waals surface area contributed by atoms with E-state index >= 15 is 0 Å². The molecule has 0 atom stereocenters. The topological polar surface area (TPSA) is 83.4 Å². The number of ether oxygens (including phenoxy) is 1. The minimum atomic E-state index is -1.04. The first-order valence-electron chi connectivity index (χ1n) is 18.5. The Bertz CT molecular complexity index is 3190. The van der Waals surface area contributed by atoms with Crippen LogP contribution in [0.15, 0.2) is 128 Å². The number of imidazole rings is 1. The minimum Gasteiger partial charge on any atom is -0.510 e. The SMILES string of the molecule is C[n+]1[c-]n2c3c(cccc31)C1(c3ccc(Oc4[c-]c5c(cc4)c4ccccc4n5-c4ccccn4)[c-]c3-2)c2c(C#N)cccc2C(C)(C)c2cccc(C#N)c21.[Pt]. The number of para-hydroxylation sites is 2. The second kappa shape index (κ2) is 12.4. The van der Waals surface area contributed by atoms with Crippen molar-refractivity contribution in [3.63, 3.8) is 0 Å². The van der Waals surface area contributed by atoms with Crippen molar-refractivity contribution in [1.29, 1.82) is 10.5 Å². The van der Waals surface area contributed by atoms with Crippen LogP contribution in [0, 0.1) is 41.1 Å². The fourth-order valence-corrected chi connectivity index (χ4v) is 9.63. The molecule has 7 nitrogen and oxygen atoms in total. The smallest absolute Gasteiger partial charge is 0.242 e. The minimum absolute atomic E-state index is 0. The van der Waals surface area contributed by atoms with Gasteiger partial charge in [0.05, 0.1) is 41.3 Å². The van der Waals surface area contributed by atoms with Gasteiger partial charge in [0, 0.05) is 55.1 Å². The maximum absolute atomic E-state index is 10.8. The molecule has 11 rings (SSSR count). The maximum atomic E-state index is 10.8. The summed E-state index contributed by atoms with van der Waals surface area (Å²) in [6.45, 7) is 4.37. The fraction of sp³-hybridized carbons (Fsp3) is 0.102. The number of rotatable bonds is 3. The number of hydrogen-bond donors (Lipinski definition) is 0. The maximum Gasteiger partial charge on any atom is 0.242 e. The van der Waals surface area contributed by atoms with Gasteiger partial charge in [0.2, 0.25) is 6.33 Å². The summed E-state index contributed by atoms with van der Waals surface area (Å²) in [6.07, 6.45) is 5.34. The third-order valence-electron chi connectivity index (χ3n) is 11.9. The van der Waals surface area contributed by atoms with Crippen LogP contribution < -0.4 is 9.30 Å². The van der Waals surface area contributed by atoms with E-state index in [1.54, 1.807) is 6.20 Å². The molecular weight excluding hydrogens is 884 g/mol. The molecule has 0 N–H and O–H groups in total. The number of aromatic nitrogens is 4. The molecule has 1 aliphatic heterocycles. The van der Waals surface area contributed by atoms with Crippen LogP contribution in [0.4, 0.5) is 0 Å². The van der Waals surface area contributed by atoms with E-state index in [2.05, 4.69) is 109 Å². The van der Waals surface area contributed by atoms with Crippen molar-refractivity contribution in [3.8, 4) is 35.1 Å². The van der Waals surface area contributed by atoms with Crippen LogP contribution in [0.25, 0.3) is 44.3 Å². The molecule has 2 aliphatic rings. The van der Waals surface area contributed by atoms with Gasteiger partial charge in [-0.2, -0.15) is 22.7 Å². The molecule has 0 fully saturated rings. The molecule has 274 valence electrons. The number of fused-ring (bicyclic) bond motifs is 11. The van der Waals surface area contributed by atoms with Crippen LogP contribution in [0.5, 0.6) is 11.5 Å². The second-order valence-electron chi connectivity index (χ2n) is 15.0. The summed E-state index contributed by atoms with van der Waals surface area (Å²) in [5.41, 5.74) is 9.82. The first-order chi connectivity index (χ1) is 27.4. The third-order valence-corrected chi connectivity index (χ3v) is 11.9. The predicted molar refractivity (Wildman–Crippen MR) is 213 cm³/mol. The normalized spacial score (nSPS) is 14.0. The van der Waals surface area contributed by atoms with E-state index in [0.29, 0.717) is 22.6 Å². The van der Waals surface area contributed by atoms with E-state index in [0.717, 1.165) is 77.7 Å². The van der Waals surface area contributed by atoms with Gasteiger partial charge in [-0.15, -0.1) is 35.2 Å². The van der Waals surface area contributed by atoms with Gasteiger partial charge < -0.3 is 18.4 Å². The molecule has 0 saturated heterocycles. The quantitative estimate of drug-likeness (QED) is 0.131. The predicted octanol–water partition coefficient (Wildman–Crippen LogP) is 9.22. The molecule has 8 heteroatoms. The van der Waals surface area contributed by atoms with Gasteiger partial charge in [0.25, 0.3) is 0 Å². The standard InChI is InChI=1S/C49H30N6O.Pt/c1-48(2)37-14-8-11-30(27-50)45(37)49(46-31(28-51)12-9-15-38(46)48)36-23-21-33(26-43(36)54-29-53(3)41-18-10-16-39(49)47(41)54)56-32-20-22-35-34-13-4-5-17-40(34)55(42(35)25-32)44-19-6-7-24-52-44;/h4-24H,1-3H3;/q-2;. The van der Waals surface area contributed by atoms with Gasteiger partial charge in [-0.3, -0.25) is 0 Å². The molecule has 0 saturated carbocycles. The largest absolute Gasteiger partial charge is 0.510 e. The van der Waals surface area contributed by atoms with Crippen LogP contribution in [-0.4, -0.2) is 14.1 Å². The van der Waals surface area contributed by atoms with Crippen molar-refractivity contribution in [2.75, 3.05) is 0 Å². The van der Waals surface area contributed by atoms with Crippen LogP contribution in [-0.2, 0) is 38.9 Å². The van der Waals surface area contributed by atoms with Crippen LogP contribution >= 0.6 is 0 Å². The number of nitriles is 2. The number of nitrogens with zero attached hydrogens (tertiary/aromatic N) is 6. The summed E-state index contributed by atoms with van der Waals surface area (Å²) in [7, 11) is 1.98. The van der Waals surface area contributed by atoms with Crippen LogP contribution in [0.1, 0.15) is 58.4 Å². The average molecular weight is 914 g/mol. The first-order valence-corrected chi connectivity index (χ1v) is 18.5. The van der Waals surface area contributed by atoms with Crippen molar-refractivity contribution in [1.82, 2.24) is 14.1 Å². The summed E-state index contributed by atoms with van der Waals surface area (Å²) >= 11 is 0. The van der Waals surface area contributed by atoms with Crippen molar-refractivity contribution in [2.24, 2.45) is 7.05 Å². The molecule has 0 amide bonds. The van der Waals surface area contributed by atoms with Crippen LogP contribution in [0.3, 0.4) is 0 Å². The zero-order chi connectivity index (χ0) is 37.9. The second-order valence-corrected chi connectivity index (χ2v) is 15.0. The van der Waals surface area contributed by atoms with Crippen molar-refractivity contribution in [2.45, 2.75) is 24.7 Å². The zero-order valence-electron chi connectivity index (χ0n) is 31.0. The Morgan fingerprint density at radius 2 is 1.35 bits per heavy atom. The molecule has 0 bridgehead atoms. The van der Waals surface area contributed by atoms with E-state index in [1.807, 2.05) is 82.9 Å². The van der Waals surface area contributed by atoms with E-state index in [1.165, 1.54) is 0 Å². The summed E-state index contributed by atoms with van der Waals surface area (Å²) in [5, 5.41) is 23.8. The Labute approximate surface area is 343 Å². The van der Waals surface area contributed by atoms with Gasteiger partial charge in [0.1, 0.15) is 5.82 Å². The number of pyridine rings is 1. The van der Waals surface area contributed by atoms with Gasteiger partial charge in [-0.1, -0.05) is 91.8 Å². The van der Waals surface area contributed by atoms with E-state index < -0.39 is 10.8 Å². The van der Waals surface area contributed by atoms with Gasteiger partial charge in [-0.25, -0.2) is 4.98 Å². The first kappa shape index (κ1) is 34.7. The third kappa shape index (κ3) is 4.49. The van der Waals surface area contributed by atoms with Crippen molar-refractivity contribution >= 4 is 32.8 Å². The number of hydrogen-bond acceptors (Lipinski definition) is 4. The van der Waals surface area contributed by atoms with Crippen molar-refractivity contribution in [3.05, 3.63) is 190 Å². The fourth-order valence-electron chi connectivity index (χ4n) is 9.63. The molecule has 4 heterocycles. The van der Waals surface area contributed by atoms with E-state index in [4.69, 9.17) is 4.74 Å². The Morgan fingerprint density at radius 3 is 2.07 bits per heavy atom. The van der Waals surface area contributed by atoms with Gasteiger partial charge in [0.15, 0.2) is 0 Å². The average Bonchev–Trinajstić information content (AvgIpc) is 3.75. The molecule has 3 aromatic heterocycles. The molecule has 57 heavy (non-hydrogen) atoms. The molecule has 0 unspecified atom stereocenters. The molecule has 0 radical (unpaired) electrons. The van der Waals surface area contributed by atoms with Crippen molar-refractivity contribution < 1.29 is 30.4 Å². The summed E-state index contributed by atoms with van der Waals surface area (Å²) in [4.78, 5) is 4.68. The Balaban J connectivity index is 0.00000396. The van der Waals surface area contributed by atoms with Gasteiger partial charge in [-0.05, 0) is 63.5 Å². The Hall–Kier alpha value is -6.79. The molecule has 6 aromatic carbocycles. The number of benzene rings is 6. The Kier molecular flexibility index (Phi) is 7.52. The molecule has 1 aliphatic carbocycles. The molecule has 9 aromatic rings. The zero-order valence-corrected chi connectivity index (χ0v) is 33.3. The van der Waals surface area contributed by atoms with Crippen LogP contribution in [0.2, 0.25) is 0 Å². The van der Waals surface area contributed by atoms with Gasteiger partial charge >= 0.3 is 0 Å². The molecular formula is C49H30N6OPt-2. The van der Waals surface area contributed by atoms with E-state index in [9.17, 15) is 10.5 Å². The Morgan fingerprint density at radius 1 is 0.684 bits per heavy atom.